The van der Waals surface area contributed by atoms with Crippen LogP contribution >= 0.6 is 0 Å². The van der Waals surface area contributed by atoms with Crippen LogP contribution in [-0.4, -0.2) is 4.57 Å². The van der Waals surface area contributed by atoms with Crippen LogP contribution in [0.15, 0.2) is 271 Å². The van der Waals surface area contributed by atoms with Gasteiger partial charge in [0.1, 0.15) is 11.2 Å². The zero-order chi connectivity index (χ0) is 46.2. The Bertz CT molecular complexity index is 4000. The Labute approximate surface area is 406 Å². The highest BCUT2D eigenvalue weighted by atomic mass is 16.3. The van der Waals surface area contributed by atoms with Gasteiger partial charge in [0.05, 0.1) is 22.1 Å². The second-order valence-electron chi connectivity index (χ2n) is 18.4. The quantitative estimate of drug-likeness (QED) is 0.152. The third-order valence-corrected chi connectivity index (χ3v) is 14.7. The van der Waals surface area contributed by atoms with Gasteiger partial charge in [-0.2, -0.15) is 0 Å². The summed E-state index contributed by atoms with van der Waals surface area (Å²) in [5.41, 5.74) is 20.3. The molecule has 0 saturated heterocycles. The van der Waals surface area contributed by atoms with E-state index >= 15 is 0 Å². The molecule has 2 heterocycles. The van der Waals surface area contributed by atoms with Crippen LogP contribution in [0.2, 0.25) is 0 Å². The number of hydrogen-bond acceptors (Lipinski definition) is 2. The highest BCUT2D eigenvalue weighted by molar-refractivity contribution is 6.09. The lowest BCUT2D eigenvalue weighted by molar-refractivity contribution is 0.669. The zero-order valence-corrected chi connectivity index (χ0v) is 38.2. The number of para-hydroxylation sites is 3. The highest BCUT2D eigenvalue weighted by Crippen LogP contribution is 2.59. The van der Waals surface area contributed by atoms with Crippen LogP contribution in [0.25, 0.3) is 82.8 Å². The van der Waals surface area contributed by atoms with E-state index in [0.717, 1.165) is 55.8 Å². The molecule has 0 unspecified atom stereocenters. The molecule has 1 aliphatic carbocycles. The van der Waals surface area contributed by atoms with Crippen LogP contribution in [0.1, 0.15) is 22.3 Å². The van der Waals surface area contributed by atoms with Gasteiger partial charge in [-0.15, -0.1) is 0 Å². The minimum absolute atomic E-state index is 0.523. The molecule has 328 valence electrons. The molecule has 3 nitrogen and oxygen atoms in total. The molecular weight excluding hydrogens is 849 g/mol. The largest absolute Gasteiger partial charge is 0.456 e. The van der Waals surface area contributed by atoms with Crippen molar-refractivity contribution >= 4 is 60.8 Å². The van der Waals surface area contributed by atoms with Gasteiger partial charge < -0.3 is 13.9 Å². The number of benzene rings is 11. The molecule has 0 spiro atoms. The summed E-state index contributed by atoms with van der Waals surface area (Å²) in [5, 5.41) is 4.78. The molecule has 11 aromatic carbocycles. The Morgan fingerprint density at radius 3 is 1.49 bits per heavy atom. The first-order valence-corrected chi connectivity index (χ1v) is 24.1. The lowest BCUT2D eigenvalue weighted by atomic mass is 9.68. The summed E-state index contributed by atoms with van der Waals surface area (Å²) in [4.78, 5) is 2.46. The minimum Gasteiger partial charge on any atom is -0.456 e. The monoisotopic (exact) mass is 892 g/mol. The van der Waals surface area contributed by atoms with Crippen molar-refractivity contribution in [3.8, 4) is 39.1 Å². The average molecular weight is 893 g/mol. The maximum atomic E-state index is 6.13. The van der Waals surface area contributed by atoms with Crippen LogP contribution in [0, 0.1) is 0 Å². The highest BCUT2D eigenvalue weighted by Gasteiger charge is 2.47. The van der Waals surface area contributed by atoms with E-state index in [4.69, 9.17) is 4.42 Å². The molecule has 0 bridgehead atoms. The average Bonchev–Trinajstić information content (AvgIpc) is 4.09. The van der Waals surface area contributed by atoms with Crippen LogP contribution in [0.5, 0.6) is 0 Å². The summed E-state index contributed by atoms with van der Waals surface area (Å²) in [6.07, 6.45) is 0. The molecule has 0 fully saturated rings. The van der Waals surface area contributed by atoms with Crippen molar-refractivity contribution in [2.45, 2.75) is 5.41 Å². The van der Waals surface area contributed by atoms with Gasteiger partial charge in [0, 0.05) is 44.2 Å². The molecule has 0 amide bonds. The lowest BCUT2D eigenvalue weighted by Crippen LogP contribution is -2.28. The number of aromatic nitrogens is 1. The van der Waals surface area contributed by atoms with E-state index in [1.807, 2.05) is 12.1 Å². The fraction of sp³-hybridized carbons (Fsp3) is 0.0149. The van der Waals surface area contributed by atoms with Gasteiger partial charge in [0.2, 0.25) is 0 Å². The Kier molecular flexibility index (Phi) is 9.11. The van der Waals surface area contributed by atoms with Gasteiger partial charge in [-0.3, -0.25) is 0 Å². The topological polar surface area (TPSA) is 21.3 Å². The molecule has 14 rings (SSSR count). The fourth-order valence-electron chi connectivity index (χ4n) is 11.6. The normalized spacial score (nSPS) is 12.7. The smallest absolute Gasteiger partial charge is 0.135 e. The lowest BCUT2D eigenvalue weighted by Gasteiger charge is -2.34. The molecule has 0 atom stereocenters. The molecule has 0 N–H and O–H groups in total. The molecule has 3 heteroatoms. The molecule has 1 aliphatic rings. The third kappa shape index (κ3) is 6.08. The fourth-order valence-corrected chi connectivity index (χ4v) is 11.6. The summed E-state index contributed by atoms with van der Waals surface area (Å²) in [6.45, 7) is 0. The van der Waals surface area contributed by atoms with Crippen LogP contribution in [0.3, 0.4) is 0 Å². The molecule has 13 aromatic rings. The minimum atomic E-state index is -0.523. The summed E-state index contributed by atoms with van der Waals surface area (Å²) < 4.78 is 8.52. The summed E-state index contributed by atoms with van der Waals surface area (Å²) >= 11 is 0. The van der Waals surface area contributed by atoms with Crippen molar-refractivity contribution < 1.29 is 4.42 Å². The van der Waals surface area contributed by atoms with E-state index in [9.17, 15) is 0 Å². The second-order valence-corrected chi connectivity index (χ2v) is 18.4. The van der Waals surface area contributed by atoms with Crippen LogP contribution in [-0.2, 0) is 5.41 Å². The van der Waals surface area contributed by atoms with E-state index in [0.29, 0.717) is 0 Å². The zero-order valence-electron chi connectivity index (χ0n) is 38.2. The van der Waals surface area contributed by atoms with Gasteiger partial charge >= 0.3 is 0 Å². The van der Waals surface area contributed by atoms with Crippen molar-refractivity contribution in [3.05, 3.63) is 289 Å². The molecule has 70 heavy (non-hydrogen) atoms. The van der Waals surface area contributed by atoms with Gasteiger partial charge in [-0.25, -0.2) is 0 Å². The number of hydrogen-bond donors (Lipinski definition) is 0. The van der Waals surface area contributed by atoms with Gasteiger partial charge in [0.25, 0.3) is 0 Å². The molecule has 2 aromatic heterocycles. The first-order chi connectivity index (χ1) is 34.7. The maximum absolute atomic E-state index is 6.13. The summed E-state index contributed by atoms with van der Waals surface area (Å²) in [7, 11) is 0. The van der Waals surface area contributed by atoms with Crippen molar-refractivity contribution in [1.29, 1.82) is 0 Å². The number of furan rings is 1. The van der Waals surface area contributed by atoms with Crippen molar-refractivity contribution in [3.63, 3.8) is 0 Å². The SMILES string of the molecule is c1ccc(C2(c3ccccc3)c3ccccc3-c3c(N(c4ccc(-c5ccc(-c6ccc7oc8ccccc8c7c6)cc5)cc4)c4ccc(-n5c6ccccc6c6ccccc65)cc4)cccc32)cc1. The van der Waals surface area contributed by atoms with E-state index < -0.39 is 5.41 Å². The second kappa shape index (κ2) is 16.0. The van der Waals surface area contributed by atoms with Crippen LogP contribution < -0.4 is 4.90 Å². The number of nitrogens with zero attached hydrogens (tertiary/aromatic N) is 2. The Hall–Kier alpha value is -9.18. The van der Waals surface area contributed by atoms with E-state index in [2.05, 4.69) is 264 Å². The summed E-state index contributed by atoms with van der Waals surface area (Å²) in [5.74, 6) is 0. The van der Waals surface area contributed by atoms with E-state index in [-0.39, 0.29) is 0 Å². The number of rotatable bonds is 8. The molecule has 0 radical (unpaired) electrons. The van der Waals surface area contributed by atoms with Crippen LogP contribution in [0.4, 0.5) is 17.1 Å². The number of fused-ring (bicyclic) bond motifs is 9. The van der Waals surface area contributed by atoms with E-state index in [1.54, 1.807) is 0 Å². The first-order valence-electron chi connectivity index (χ1n) is 24.1. The van der Waals surface area contributed by atoms with Crippen molar-refractivity contribution in [1.82, 2.24) is 4.57 Å². The maximum Gasteiger partial charge on any atom is 0.135 e. The van der Waals surface area contributed by atoms with Crippen molar-refractivity contribution in [2.24, 2.45) is 0 Å². The van der Waals surface area contributed by atoms with Crippen molar-refractivity contribution in [2.75, 3.05) is 4.90 Å². The third-order valence-electron chi connectivity index (χ3n) is 14.7. The Balaban J connectivity index is 0.913. The van der Waals surface area contributed by atoms with Gasteiger partial charge in [-0.05, 0) is 123 Å². The summed E-state index contributed by atoms with van der Waals surface area (Å²) in [6, 6.07) is 97.4. The molecule has 0 aliphatic heterocycles. The van der Waals surface area contributed by atoms with Gasteiger partial charge in [-0.1, -0.05) is 194 Å². The molecule has 0 saturated carbocycles. The van der Waals surface area contributed by atoms with Gasteiger partial charge in [0.15, 0.2) is 0 Å². The predicted octanol–water partition coefficient (Wildman–Crippen LogP) is 17.8. The standard InChI is InChI=1S/C67H44N2O/c1-3-16-49(17-4-1)67(50-18-5-2-6-19-50)59-24-11-7-23-57(59)66-60(67)25-15-28-63(66)68(52-39-41-53(42-40-52)69-61-26-12-8-20-54(61)55-21-9-13-27-62(55)69)51-37-34-46(35-38-51)45-30-32-47(33-31-45)48-36-43-65-58(44-48)56-22-10-14-29-64(56)70-65/h1-44H. The predicted molar refractivity (Wildman–Crippen MR) is 291 cm³/mol. The first kappa shape index (κ1) is 39.9. The van der Waals surface area contributed by atoms with E-state index in [1.165, 1.54) is 66.3 Å². The Morgan fingerprint density at radius 1 is 0.343 bits per heavy atom. The molecular formula is C67H44N2O. The Morgan fingerprint density at radius 2 is 0.829 bits per heavy atom. The number of anilines is 3.